The standard InChI is InChI=1S/C9H15NO/c1-2-3-6-9(11)10-7-4-5-8-10/h4,7H,2-3,5-6,8H2,1H3. The summed E-state index contributed by atoms with van der Waals surface area (Å²) in [6, 6.07) is 0. The minimum Gasteiger partial charge on any atom is -0.319 e. The van der Waals surface area contributed by atoms with Crippen LogP contribution in [-0.4, -0.2) is 17.4 Å². The lowest BCUT2D eigenvalue weighted by Crippen LogP contribution is -2.22. The van der Waals surface area contributed by atoms with Gasteiger partial charge in [0.15, 0.2) is 0 Å². The summed E-state index contributed by atoms with van der Waals surface area (Å²) in [5.74, 6) is 0.278. The van der Waals surface area contributed by atoms with Crippen molar-refractivity contribution in [2.75, 3.05) is 6.54 Å². The van der Waals surface area contributed by atoms with Crippen molar-refractivity contribution < 1.29 is 4.79 Å². The molecule has 0 aromatic heterocycles. The van der Waals surface area contributed by atoms with Gasteiger partial charge in [0, 0.05) is 19.2 Å². The van der Waals surface area contributed by atoms with Crippen LogP contribution >= 0.6 is 0 Å². The van der Waals surface area contributed by atoms with Crippen LogP contribution in [-0.2, 0) is 4.79 Å². The molecule has 0 aromatic rings. The van der Waals surface area contributed by atoms with Crippen molar-refractivity contribution in [3.8, 4) is 0 Å². The zero-order valence-corrected chi connectivity index (χ0v) is 7.05. The molecule has 0 N–H and O–H groups in total. The molecule has 0 fully saturated rings. The minimum atomic E-state index is 0.278. The molecule has 1 rings (SSSR count). The van der Waals surface area contributed by atoms with Crippen molar-refractivity contribution in [2.24, 2.45) is 0 Å². The van der Waals surface area contributed by atoms with Crippen molar-refractivity contribution in [3.05, 3.63) is 12.3 Å². The Kier molecular flexibility index (Phi) is 3.14. The summed E-state index contributed by atoms with van der Waals surface area (Å²) in [7, 11) is 0. The van der Waals surface area contributed by atoms with Crippen LogP contribution in [0.2, 0.25) is 0 Å². The molecule has 1 amide bonds. The third-order valence-corrected chi connectivity index (χ3v) is 1.89. The molecule has 0 saturated heterocycles. The number of unbranched alkanes of at least 4 members (excludes halogenated alkanes) is 1. The fourth-order valence-corrected chi connectivity index (χ4v) is 1.17. The van der Waals surface area contributed by atoms with Gasteiger partial charge < -0.3 is 4.90 Å². The first-order valence-electron chi connectivity index (χ1n) is 4.30. The van der Waals surface area contributed by atoms with E-state index in [1.807, 2.05) is 17.2 Å². The second kappa shape index (κ2) is 4.16. The average Bonchev–Trinajstić information content (AvgIpc) is 2.52. The highest BCUT2D eigenvalue weighted by Gasteiger charge is 2.11. The summed E-state index contributed by atoms with van der Waals surface area (Å²) in [5.41, 5.74) is 0. The maximum Gasteiger partial charge on any atom is 0.226 e. The van der Waals surface area contributed by atoms with Crippen molar-refractivity contribution in [3.63, 3.8) is 0 Å². The SMILES string of the molecule is CCCCC(=O)N1C=CCC1. The van der Waals surface area contributed by atoms with Gasteiger partial charge in [0.1, 0.15) is 0 Å². The quantitative estimate of drug-likeness (QED) is 0.606. The molecule has 62 valence electrons. The molecule has 0 aromatic carbocycles. The molecule has 2 nitrogen and oxygen atoms in total. The predicted octanol–water partition coefficient (Wildman–Crippen LogP) is 1.92. The highest BCUT2D eigenvalue weighted by atomic mass is 16.2. The Hall–Kier alpha value is -0.790. The first kappa shape index (κ1) is 8.31. The van der Waals surface area contributed by atoms with Gasteiger partial charge in [0.05, 0.1) is 0 Å². The van der Waals surface area contributed by atoms with E-state index < -0.39 is 0 Å². The van der Waals surface area contributed by atoms with Crippen LogP contribution in [0.25, 0.3) is 0 Å². The van der Waals surface area contributed by atoms with Crippen LogP contribution in [0.5, 0.6) is 0 Å². The smallest absolute Gasteiger partial charge is 0.226 e. The van der Waals surface area contributed by atoms with Crippen LogP contribution in [0, 0.1) is 0 Å². The van der Waals surface area contributed by atoms with Gasteiger partial charge >= 0.3 is 0 Å². The molecule has 0 radical (unpaired) electrons. The van der Waals surface area contributed by atoms with Gasteiger partial charge in [-0.3, -0.25) is 4.79 Å². The van der Waals surface area contributed by atoms with Crippen LogP contribution < -0.4 is 0 Å². The molecule has 1 heterocycles. The Morgan fingerprint density at radius 3 is 3.00 bits per heavy atom. The number of hydrogen-bond acceptors (Lipinski definition) is 1. The number of rotatable bonds is 3. The zero-order chi connectivity index (χ0) is 8.10. The molecule has 1 aliphatic rings. The molecule has 0 saturated carbocycles. The second-order valence-corrected chi connectivity index (χ2v) is 2.86. The summed E-state index contributed by atoms with van der Waals surface area (Å²) in [6.07, 6.45) is 7.80. The summed E-state index contributed by atoms with van der Waals surface area (Å²) in [6.45, 7) is 3.00. The summed E-state index contributed by atoms with van der Waals surface area (Å²) >= 11 is 0. The molecule has 0 unspecified atom stereocenters. The van der Waals surface area contributed by atoms with Gasteiger partial charge in [-0.25, -0.2) is 0 Å². The first-order valence-corrected chi connectivity index (χ1v) is 4.30. The van der Waals surface area contributed by atoms with Crippen LogP contribution in [0.15, 0.2) is 12.3 Å². The predicted molar refractivity (Wildman–Crippen MR) is 45.0 cm³/mol. The Labute approximate surface area is 67.9 Å². The third kappa shape index (κ3) is 2.37. The lowest BCUT2D eigenvalue weighted by atomic mass is 10.2. The molecular formula is C9H15NO. The van der Waals surface area contributed by atoms with Gasteiger partial charge in [0.25, 0.3) is 0 Å². The Morgan fingerprint density at radius 2 is 2.45 bits per heavy atom. The van der Waals surface area contributed by atoms with Crippen LogP contribution in [0.1, 0.15) is 32.6 Å². The van der Waals surface area contributed by atoms with E-state index in [2.05, 4.69) is 6.92 Å². The van der Waals surface area contributed by atoms with E-state index in [-0.39, 0.29) is 5.91 Å². The monoisotopic (exact) mass is 153 g/mol. The number of carbonyl (C=O) groups is 1. The largest absolute Gasteiger partial charge is 0.319 e. The number of nitrogens with zero attached hydrogens (tertiary/aromatic N) is 1. The molecular weight excluding hydrogens is 138 g/mol. The topological polar surface area (TPSA) is 20.3 Å². The molecule has 0 spiro atoms. The molecule has 2 heteroatoms. The van der Waals surface area contributed by atoms with E-state index >= 15 is 0 Å². The highest BCUT2D eigenvalue weighted by molar-refractivity contribution is 5.77. The Bertz CT molecular complexity index is 163. The molecule has 0 atom stereocenters. The van der Waals surface area contributed by atoms with E-state index in [9.17, 15) is 4.79 Å². The average molecular weight is 153 g/mol. The third-order valence-electron chi connectivity index (χ3n) is 1.89. The van der Waals surface area contributed by atoms with E-state index in [0.717, 1.165) is 25.8 Å². The Balaban J connectivity index is 2.23. The molecule has 0 bridgehead atoms. The van der Waals surface area contributed by atoms with Crippen molar-refractivity contribution in [1.82, 2.24) is 4.90 Å². The van der Waals surface area contributed by atoms with Crippen LogP contribution in [0.4, 0.5) is 0 Å². The van der Waals surface area contributed by atoms with E-state index in [4.69, 9.17) is 0 Å². The lowest BCUT2D eigenvalue weighted by molar-refractivity contribution is -0.128. The molecule has 1 aliphatic heterocycles. The fraction of sp³-hybridized carbons (Fsp3) is 0.667. The summed E-state index contributed by atoms with van der Waals surface area (Å²) in [5, 5.41) is 0. The molecule has 0 aliphatic carbocycles. The van der Waals surface area contributed by atoms with Gasteiger partial charge in [-0.2, -0.15) is 0 Å². The van der Waals surface area contributed by atoms with Crippen molar-refractivity contribution in [1.29, 1.82) is 0 Å². The number of amides is 1. The van der Waals surface area contributed by atoms with E-state index in [1.54, 1.807) is 0 Å². The second-order valence-electron chi connectivity index (χ2n) is 2.86. The van der Waals surface area contributed by atoms with Gasteiger partial charge in [-0.15, -0.1) is 0 Å². The maximum absolute atomic E-state index is 11.3. The first-order chi connectivity index (χ1) is 5.34. The van der Waals surface area contributed by atoms with Crippen LogP contribution in [0.3, 0.4) is 0 Å². The van der Waals surface area contributed by atoms with Gasteiger partial charge in [-0.1, -0.05) is 19.4 Å². The minimum absolute atomic E-state index is 0.278. The van der Waals surface area contributed by atoms with E-state index in [1.165, 1.54) is 0 Å². The summed E-state index contributed by atoms with van der Waals surface area (Å²) < 4.78 is 0. The van der Waals surface area contributed by atoms with Crippen molar-refractivity contribution >= 4 is 5.91 Å². The fourth-order valence-electron chi connectivity index (χ4n) is 1.17. The van der Waals surface area contributed by atoms with Gasteiger partial charge in [0.2, 0.25) is 5.91 Å². The highest BCUT2D eigenvalue weighted by Crippen LogP contribution is 2.07. The molecule has 11 heavy (non-hydrogen) atoms. The van der Waals surface area contributed by atoms with Crippen molar-refractivity contribution in [2.45, 2.75) is 32.6 Å². The number of hydrogen-bond donors (Lipinski definition) is 0. The van der Waals surface area contributed by atoms with Gasteiger partial charge in [-0.05, 0) is 12.8 Å². The van der Waals surface area contributed by atoms with E-state index in [0.29, 0.717) is 6.42 Å². The lowest BCUT2D eigenvalue weighted by Gasteiger charge is -2.12. The summed E-state index contributed by atoms with van der Waals surface area (Å²) in [4.78, 5) is 13.1. The normalized spacial score (nSPS) is 15.9. The number of carbonyl (C=O) groups excluding carboxylic acids is 1. The maximum atomic E-state index is 11.3. The zero-order valence-electron chi connectivity index (χ0n) is 7.05. The Morgan fingerprint density at radius 1 is 1.64 bits per heavy atom.